The summed E-state index contributed by atoms with van der Waals surface area (Å²) in [6.45, 7) is -1.29. The van der Waals surface area contributed by atoms with Crippen molar-refractivity contribution < 1.29 is 15.8 Å². The minimum Gasteiger partial charge on any atom is -0.328 e. The fraction of sp³-hybridized carbons (Fsp3) is 0.500. The fourth-order valence-electron chi connectivity index (χ4n) is 0.705. The van der Waals surface area contributed by atoms with Gasteiger partial charge in [-0.25, -0.2) is 0 Å². The van der Waals surface area contributed by atoms with Crippen LogP contribution in [0.25, 0.3) is 0 Å². The molecule has 0 aromatic carbocycles. The predicted octanol–water partition coefficient (Wildman–Crippen LogP) is -1.56. The monoisotopic (exact) mass is 157 g/mol. The first kappa shape index (κ1) is 6.33. The number of rotatable bonds is 0. The Hall–Kier alpha value is -1.39. The van der Waals surface area contributed by atoms with Gasteiger partial charge in [0.2, 0.25) is 5.91 Å². The van der Waals surface area contributed by atoms with E-state index in [0.717, 1.165) is 4.90 Å². The average molecular weight is 157 g/mol. The van der Waals surface area contributed by atoms with Gasteiger partial charge in [-0.1, -0.05) is 0 Å². The summed E-state index contributed by atoms with van der Waals surface area (Å²) in [4.78, 5) is 34.4. The van der Waals surface area contributed by atoms with Gasteiger partial charge in [0.15, 0.2) is 0 Å². The Labute approximate surface area is 65.0 Å². The van der Waals surface area contributed by atoms with Crippen molar-refractivity contribution in [2.24, 2.45) is 0 Å². The van der Waals surface area contributed by atoms with Gasteiger partial charge in [0, 0.05) is 14.1 Å². The summed E-state index contributed by atoms with van der Waals surface area (Å²) in [5, 5.41) is 0. The van der Waals surface area contributed by atoms with Gasteiger partial charge in [-0.3, -0.25) is 19.3 Å². The maximum absolute atomic E-state index is 11.0. The Balaban J connectivity index is 2.99. The lowest BCUT2D eigenvalue weighted by molar-refractivity contribution is -0.161. The van der Waals surface area contributed by atoms with Crippen LogP contribution in [0.5, 0.6) is 0 Å². The van der Waals surface area contributed by atoms with Gasteiger partial charge in [0.1, 0.15) is 6.52 Å². The van der Waals surface area contributed by atoms with E-state index >= 15 is 0 Å². The lowest BCUT2D eigenvalue weighted by Crippen LogP contribution is -2.54. The number of likely N-dealkylation sites (N-methyl/N-ethyl adjacent to an activating group) is 2. The molecule has 0 bridgehead atoms. The second kappa shape index (κ2) is 2.34. The molecule has 1 rings (SSSR count). The van der Waals surface area contributed by atoms with Gasteiger partial charge in [0.25, 0.3) is 0 Å². The number of amides is 3. The zero-order chi connectivity index (χ0) is 9.46. The minimum absolute atomic E-state index is 0.667. The third-order valence-electron chi connectivity index (χ3n) is 1.44. The quantitative estimate of drug-likeness (QED) is 0.316. The smallest absolute Gasteiger partial charge is 0.318 e. The van der Waals surface area contributed by atoms with Crippen molar-refractivity contribution >= 4 is 17.7 Å². The first-order chi connectivity index (χ1) is 5.46. The van der Waals surface area contributed by atoms with Crippen molar-refractivity contribution in [3.05, 3.63) is 0 Å². The molecule has 1 unspecified atom stereocenters. The second-order valence-corrected chi connectivity index (χ2v) is 2.25. The standard InChI is InChI=1S/C6H8N2O3/c1-7-3-4(9)8(2)6(11)5(7)10/h3H2,1-2H3/i3D. The van der Waals surface area contributed by atoms with Crippen LogP contribution in [0.2, 0.25) is 0 Å². The van der Waals surface area contributed by atoms with Crippen LogP contribution < -0.4 is 0 Å². The van der Waals surface area contributed by atoms with E-state index < -0.39 is 24.2 Å². The molecule has 1 atom stereocenters. The fourth-order valence-corrected chi connectivity index (χ4v) is 0.705. The molecule has 0 spiro atoms. The zero-order valence-corrected chi connectivity index (χ0v) is 6.20. The van der Waals surface area contributed by atoms with Crippen LogP contribution in [0, 0.1) is 0 Å². The third kappa shape index (κ3) is 1.09. The second-order valence-electron chi connectivity index (χ2n) is 2.25. The van der Waals surface area contributed by atoms with E-state index in [1.54, 1.807) is 0 Å². The first-order valence-electron chi connectivity index (χ1n) is 3.55. The van der Waals surface area contributed by atoms with E-state index in [-0.39, 0.29) is 0 Å². The molecule has 0 saturated carbocycles. The molecular weight excluding hydrogens is 148 g/mol. The molecule has 11 heavy (non-hydrogen) atoms. The molecule has 1 fully saturated rings. The van der Waals surface area contributed by atoms with Crippen LogP contribution in [0.1, 0.15) is 1.37 Å². The molecular formula is C6H8N2O3. The highest BCUT2D eigenvalue weighted by molar-refractivity contribution is 6.39. The maximum Gasteiger partial charge on any atom is 0.318 e. The van der Waals surface area contributed by atoms with Crippen molar-refractivity contribution in [3.63, 3.8) is 0 Å². The lowest BCUT2D eigenvalue weighted by atomic mass is 10.3. The summed E-state index contributed by atoms with van der Waals surface area (Å²) >= 11 is 0. The van der Waals surface area contributed by atoms with Crippen LogP contribution in [-0.4, -0.2) is 48.1 Å². The minimum atomic E-state index is -1.29. The largest absolute Gasteiger partial charge is 0.328 e. The molecule has 0 aliphatic carbocycles. The maximum atomic E-state index is 11.0. The number of piperazine rings is 1. The highest BCUT2D eigenvalue weighted by atomic mass is 16.2. The molecule has 5 nitrogen and oxygen atoms in total. The average Bonchev–Trinajstić information content (AvgIpc) is 2.08. The Bertz CT molecular complexity index is 266. The molecule has 5 heteroatoms. The summed E-state index contributed by atoms with van der Waals surface area (Å²) in [5.41, 5.74) is 0. The summed E-state index contributed by atoms with van der Waals surface area (Å²) in [5.74, 6) is -2.38. The molecule has 1 saturated heterocycles. The molecule has 0 radical (unpaired) electrons. The molecule has 3 amide bonds. The topological polar surface area (TPSA) is 57.7 Å². The summed E-state index contributed by atoms with van der Waals surface area (Å²) in [6.07, 6.45) is 0. The van der Waals surface area contributed by atoms with Crippen molar-refractivity contribution in [1.82, 2.24) is 9.80 Å². The molecule has 0 N–H and O–H groups in total. The molecule has 60 valence electrons. The van der Waals surface area contributed by atoms with E-state index in [9.17, 15) is 14.4 Å². The van der Waals surface area contributed by atoms with Crippen LogP contribution in [0.3, 0.4) is 0 Å². The Morgan fingerprint density at radius 1 is 1.27 bits per heavy atom. The highest BCUT2D eigenvalue weighted by Gasteiger charge is 2.33. The van der Waals surface area contributed by atoms with Crippen molar-refractivity contribution in [2.75, 3.05) is 20.6 Å². The van der Waals surface area contributed by atoms with E-state index in [0.29, 0.717) is 4.90 Å². The summed E-state index contributed by atoms with van der Waals surface area (Å²) in [6, 6.07) is 0. The molecule has 1 aliphatic heterocycles. The summed E-state index contributed by atoms with van der Waals surface area (Å²) in [7, 11) is 2.44. The number of hydrogen-bond donors (Lipinski definition) is 0. The Morgan fingerprint density at radius 3 is 2.36 bits per heavy atom. The number of carbonyl (C=O) groups excluding carboxylic acids is 3. The predicted molar refractivity (Wildman–Crippen MR) is 35.4 cm³/mol. The van der Waals surface area contributed by atoms with Gasteiger partial charge in [0.05, 0.1) is 1.37 Å². The van der Waals surface area contributed by atoms with E-state index in [4.69, 9.17) is 1.37 Å². The highest BCUT2D eigenvalue weighted by Crippen LogP contribution is 2.00. The zero-order valence-electron chi connectivity index (χ0n) is 7.20. The van der Waals surface area contributed by atoms with Crippen molar-refractivity contribution in [2.45, 2.75) is 0 Å². The van der Waals surface area contributed by atoms with E-state index in [2.05, 4.69) is 0 Å². The first-order valence-corrected chi connectivity index (χ1v) is 2.97. The van der Waals surface area contributed by atoms with Crippen molar-refractivity contribution in [3.8, 4) is 0 Å². The van der Waals surface area contributed by atoms with Gasteiger partial charge < -0.3 is 4.90 Å². The van der Waals surface area contributed by atoms with E-state index in [1.165, 1.54) is 14.1 Å². The normalized spacial score (nSPS) is 27.6. The molecule has 1 heterocycles. The van der Waals surface area contributed by atoms with Gasteiger partial charge in [-0.05, 0) is 0 Å². The van der Waals surface area contributed by atoms with Crippen LogP contribution in [0.4, 0.5) is 0 Å². The number of hydrogen-bond acceptors (Lipinski definition) is 3. The molecule has 0 aromatic rings. The lowest BCUT2D eigenvalue weighted by Gasteiger charge is -2.26. The van der Waals surface area contributed by atoms with Gasteiger partial charge >= 0.3 is 11.8 Å². The van der Waals surface area contributed by atoms with E-state index in [1.807, 2.05) is 0 Å². The summed E-state index contributed by atoms with van der Waals surface area (Å²) < 4.78 is 7.20. The van der Waals surface area contributed by atoms with Gasteiger partial charge in [-0.2, -0.15) is 0 Å². The number of imide groups is 1. The van der Waals surface area contributed by atoms with Crippen molar-refractivity contribution in [1.29, 1.82) is 0 Å². The van der Waals surface area contributed by atoms with Crippen LogP contribution in [0.15, 0.2) is 0 Å². The van der Waals surface area contributed by atoms with Gasteiger partial charge in [-0.15, -0.1) is 0 Å². The number of nitrogens with zero attached hydrogens (tertiary/aromatic N) is 2. The Morgan fingerprint density at radius 2 is 1.82 bits per heavy atom. The van der Waals surface area contributed by atoms with Crippen LogP contribution in [-0.2, 0) is 14.4 Å². The SMILES string of the molecule is [2H]C1C(=O)N(C)C(=O)C(=O)N1C. The Kier molecular flexibility index (Phi) is 1.34. The van der Waals surface area contributed by atoms with Crippen LogP contribution >= 0.6 is 0 Å². The number of carbonyl (C=O) groups is 3. The molecule has 1 aliphatic rings. The molecule has 0 aromatic heterocycles. The third-order valence-corrected chi connectivity index (χ3v) is 1.44.